The molecule has 4 rings (SSSR count). The summed E-state index contributed by atoms with van der Waals surface area (Å²) in [5.41, 5.74) is 0.947. The van der Waals surface area contributed by atoms with Gasteiger partial charge >= 0.3 is 0 Å². The lowest BCUT2D eigenvalue weighted by atomic mass is 9.95. The van der Waals surface area contributed by atoms with Crippen LogP contribution in [0.3, 0.4) is 0 Å². The smallest absolute Gasteiger partial charge is 0.226 e. The molecule has 24 heavy (non-hydrogen) atoms. The number of hydrogen-bond donors (Lipinski definition) is 0. The van der Waals surface area contributed by atoms with Gasteiger partial charge in [0.2, 0.25) is 5.91 Å². The zero-order valence-corrected chi connectivity index (χ0v) is 13.7. The minimum absolute atomic E-state index is 0.0261. The van der Waals surface area contributed by atoms with E-state index in [9.17, 15) is 9.18 Å². The van der Waals surface area contributed by atoms with Crippen molar-refractivity contribution in [3.8, 4) is 0 Å². The SMILES string of the molecule is Cn1cnnc1C1CCN(C(=O)[C@@H]2C[C@H]2c2cccc(F)c2)CC1. The van der Waals surface area contributed by atoms with Crippen molar-refractivity contribution in [2.45, 2.75) is 31.1 Å². The van der Waals surface area contributed by atoms with Gasteiger partial charge in [0.1, 0.15) is 18.0 Å². The Balaban J connectivity index is 1.35. The summed E-state index contributed by atoms with van der Waals surface area (Å²) in [6.07, 6.45) is 4.41. The number of hydrogen-bond acceptors (Lipinski definition) is 3. The van der Waals surface area contributed by atoms with E-state index in [2.05, 4.69) is 10.2 Å². The van der Waals surface area contributed by atoms with Gasteiger partial charge in [0, 0.05) is 32.0 Å². The average molecular weight is 328 g/mol. The van der Waals surface area contributed by atoms with E-state index in [0.717, 1.165) is 43.7 Å². The molecule has 1 saturated carbocycles. The fourth-order valence-electron chi connectivity index (χ4n) is 3.83. The van der Waals surface area contributed by atoms with Crippen LogP contribution in [0.2, 0.25) is 0 Å². The molecule has 0 bridgehead atoms. The number of halogens is 1. The van der Waals surface area contributed by atoms with E-state index in [-0.39, 0.29) is 23.6 Å². The molecule has 2 atom stereocenters. The highest BCUT2D eigenvalue weighted by atomic mass is 19.1. The molecular formula is C18H21FN4O. The first-order chi connectivity index (χ1) is 11.6. The molecule has 1 aromatic heterocycles. The Hall–Kier alpha value is -2.24. The van der Waals surface area contributed by atoms with Gasteiger partial charge in [-0.25, -0.2) is 4.39 Å². The number of piperidine rings is 1. The summed E-state index contributed by atoms with van der Waals surface area (Å²) in [6, 6.07) is 6.64. The van der Waals surface area contributed by atoms with Gasteiger partial charge in [-0.15, -0.1) is 10.2 Å². The third kappa shape index (κ3) is 2.81. The van der Waals surface area contributed by atoms with Crippen LogP contribution in [0.1, 0.15) is 42.5 Å². The van der Waals surface area contributed by atoms with Crippen LogP contribution in [-0.4, -0.2) is 38.7 Å². The van der Waals surface area contributed by atoms with Crippen molar-refractivity contribution in [1.82, 2.24) is 19.7 Å². The molecule has 0 unspecified atom stereocenters. The van der Waals surface area contributed by atoms with Gasteiger partial charge in [-0.2, -0.15) is 0 Å². The number of amides is 1. The highest BCUT2D eigenvalue weighted by Gasteiger charge is 2.46. The van der Waals surface area contributed by atoms with Crippen LogP contribution in [-0.2, 0) is 11.8 Å². The second-order valence-electron chi connectivity index (χ2n) is 6.90. The summed E-state index contributed by atoms with van der Waals surface area (Å²) >= 11 is 0. The molecule has 1 aliphatic heterocycles. The minimum atomic E-state index is -0.227. The number of aromatic nitrogens is 3. The third-order valence-electron chi connectivity index (χ3n) is 5.30. The molecule has 1 saturated heterocycles. The second-order valence-corrected chi connectivity index (χ2v) is 6.90. The Bertz CT molecular complexity index is 751. The number of carbonyl (C=O) groups is 1. The Kier molecular flexibility index (Phi) is 3.82. The number of benzene rings is 1. The first-order valence-electron chi connectivity index (χ1n) is 8.51. The maximum absolute atomic E-state index is 13.3. The first-order valence-corrected chi connectivity index (χ1v) is 8.51. The third-order valence-corrected chi connectivity index (χ3v) is 5.30. The maximum atomic E-state index is 13.3. The summed E-state index contributed by atoms with van der Waals surface area (Å²) in [5.74, 6) is 1.59. The van der Waals surface area contributed by atoms with E-state index < -0.39 is 0 Å². The van der Waals surface area contributed by atoms with Crippen molar-refractivity contribution in [1.29, 1.82) is 0 Å². The molecule has 5 nitrogen and oxygen atoms in total. The van der Waals surface area contributed by atoms with Crippen molar-refractivity contribution in [3.63, 3.8) is 0 Å². The molecule has 6 heteroatoms. The molecule has 2 aromatic rings. The second kappa shape index (κ2) is 6.00. The van der Waals surface area contributed by atoms with Gasteiger partial charge in [0.25, 0.3) is 0 Å². The van der Waals surface area contributed by atoms with Crippen molar-refractivity contribution < 1.29 is 9.18 Å². The van der Waals surface area contributed by atoms with E-state index >= 15 is 0 Å². The van der Waals surface area contributed by atoms with Crippen LogP contribution >= 0.6 is 0 Å². The molecule has 0 N–H and O–H groups in total. The topological polar surface area (TPSA) is 51.0 Å². The van der Waals surface area contributed by atoms with Crippen molar-refractivity contribution >= 4 is 5.91 Å². The van der Waals surface area contributed by atoms with Crippen LogP contribution in [0, 0.1) is 11.7 Å². The van der Waals surface area contributed by atoms with Crippen LogP contribution in [0.15, 0.2) is 30.6 Å². The van der Waals surface area contributed by atoms with Crippen LogP contribution in [0.25, 0.3) is 0 Å². The highest BCUT2D eigenvalue weighted by Crippen LogP contribution is 2.49. The Morgan fingerprint density at radius 1 is 1.29 bits per heavy atom. The largest absolute Gasteiger partial charge is 0.342 e. The van der Waals surface area contributed by atoms with E-state index in [1.54, 1.807) is 18.5 Å². The van der Waals surface area contributed by atoms with Gasteiger partial charge in [-0.05, 0) is 42.9 Å². The number of aryl methyl sites for hydroxylation is 1. The Morgan fingerprint density at radius 3 is 2.75 bits per heavy atom. The van der Waals surface area contributed by atoms with Crippen LogP contribution in [0.4, 0.5) is 4.39 Å². The van der Waals surface area contributed by atoms with E-state index in [0.29, 0.717) is 5.92 Å². The fourth-order valence-corrected chi connectivity index (χ4v) is 3.83. The van der Waals surface area contributed by atoms with Crippen LogP contribution in [0.5, 0.6) is 0 Å². The Labute approximate surface area is 140 Å². The quantitative estimate of drug-likeness (QED) is 0.870. The molecule has 1 aliphatic carbocycles. The molecule has 2 heterocycles. The average Bonchev–Trinajstić information content (AvgIpc) is 3.29. The predicted molar refractivity (Wildman–Crippen MR) is 86.8 cm³/mol. The molecule has 126 valence electrons. The first kappa shape index (κ1) is 15.3. The van der Waals surface area contributed by atoms with Gasteiger partial charge in [0.05, 0.1) is 0 Å². The molecule has 2 fully saturated rings. The van der Waals surface area contributed by atoms with E-state index in [1.807, 2.05) is 22.6 Å². The fraction of sp³-hybridized carbons (Fsp3) is 0.500. The highest BCUT2D eigenvalue weighted by molar-refractivity contribution is 5.83. The number of likely N-dealkylation sites (tertiary alicyclic amines) is 1. The Morgan fingerprint density at radius 2 is 2.08 bits per heavy atom. The molecule has 1 aromatic carbocycles. The lowest BCUT2D eigenvalue weighted by molar-refractivity contribution is -0.133. The summed E-state index contributed by atoms with van der Waals surface area (Å²) in [4.78, 5) is 14.7. The molecule has 0 radical (unpaired) electrons. The molecule has 2 aliphatic rings. The predicted octanol–water partition coefficient (Wildman–Crippen LogP) is 2.46. The molecule has 0 spiro atoms. The summed E-state index contributed by atoms with van der Waals surface area (Å²) < 4.78 is 15.3. The number of nitrogens with zero attached hydrogens (tertiary/aromatic N) is 4. The van der Waals surface area contributed by atoms with Gasteiger partial charge in [-0.3, -0.25) is 4.79 Å². The summed E-state index contributed by atoms with van der Waals surface area (Å²) in [7, 11) is 1.96. The molecule has 1 amide bonds. The van der Waals surface area contributed by atoms with Crippen molar-refractivity contribution in [2.75, 3.05) is 13.1 Å². The normalized spacial score (nSPS) is 24.2. The maximum Gasteiger partial charge on any atom is 0.226 e. The van der Waals surface area contributed by atoms with Crippen LogP contribution < -0.4 is 0 Å². The lowest BCUT2D eigenvalue weighted by Crippen LogP contribution is -2.39. The van der Waals surface area contributed by atoms with E-state index in [1.165, 1.54) is 6.07 Å². The zero-order chi connectivity index (χ0) is 16.7. The summed E-state index contributed by atoms with van der Waals surface area (Å²) in [5, 5.41) is 8.13. The van der Waals surface area contributed by atoms with Gasteiger partial charge in [-0.1, -0.05) is 12.1 Å². The van der Waals surface area contributed by atoms with E-state index in [4.69, 9.17) is 0 Å². The van der Waals surface area contributed by atoms with Gasteiger partial charge < -0.3 is 9.47 Å². The van der Waals surface area contributed by atoms with Crippen molar-refractivity contribution in [2.24, 2.45) is 13.0 Å². The zero-order valence-electron chi connectivity index (χ0n) is 13.7. The lowest BCUT2D eigenvalue weighted by Gasteiger charge is -2.31. The number of rotatable bonds is 3. The molecular weight excluding hydrogens is 307 g/mol. The monoisotopic (exact) mass is 328 g/mol. The minimum Gasteiger partial charge on any atom is -0.342 e. The van der Waals surface area contributed by atoms with Gasteiger partial charge in [0.15, 0.2) is 0 Å². The standard InChI is InChI=1S/C18H21FN4O/c1-22-11-20-21-17(22)12-5-7-23(8-6-12)18(24)16-10-15(16)13-3-2-4-14(19)9-13/h2-4,9,11-12,15-16H,5-8,10H2,1H3/t15-,16+/m0/s1. The number of carbonyl (C=O) groups excluding carboxylic acids is 1. The summed E-state index contributed by atoms with van der Waals surface area (Å²) in [6.45, 7) is 1.53. The van der Waals surface area contributed by atoms with Crippen molar-refractivity contribution in [3.05, 3.63) is 47.8 Å².